The summed E-state index contributed by atoms with van der Waals surface area (Å²) in [4.78, 5) is 4.39. The Morgan fingerprint density at radius 1 is 1.16 bits per heavy atom. The van der Waals surface area contributed by atoms with E-state index in [1.807, 2.05) is 13.1 Å². The van der Waals surface area contributed by atoms with Gasteiger partial charge in [-0.1, -0.05) is 19.9 Å². The maximum Gasteiger partial charge on any atom is 0.0503 e. The zero-order valence-electron chi connectivity index (χ0n) is 12.4. The second-order valence-electron chi connectivity index (χ2n) is 6.30. The number of nitrogens with two attached hydrogens (primary N) is 1. The summed E-state index contributed by atoms with van der Waals surface area (Å²) in [6, 6.07) is 4.47. The molecular weight excluding hydrogens is 234 g/mol. The van der Waals surface area contributed by atoms with Gasteiger partial charge in [0, 0.05) is 11.9 Å². The van der Waals surface area contributed by atoms with E-state index in [1.165, 1.54) is 31.2 Å². The standard InChI is InChI=1S/C16H27N3/c1-11(2)13-6-8-14(9-7-13)16(19-17)15-5-4-12(3)18-10-15/h4-5,10-11,13-14,16,19H,6-9,17H2,1-3H3. The minimum atomic E-state index is 0.251. The minimum absolute atomic E-state index is 0.251. The molecule has 1 saturated carbocycles. The van der Waals surface area contributed by atoms with Crippen LogP contribution in [0.3, 0.4) is 0 Å². The molecule has 19 heavy (non-hydrogen) atoms. The van der Waals surface area contributed by atoms with Crippen molar-refractivity contribution >= 4 is 0 Å². The summed E-state index contributed by atoms with van der Waals surface area (Å²) in [6.07, 6.45) is 7.17. The van der Waals surface area contributed by atoms with Crippen molar-refractivity contribution in [1.82, 2.24) is 10.4 Å². The number of hydrogen-bond donors (Lipinski definition) is 2. The molecule has 1 heterocycles. The van der Waals surface area contributed by atoms with Gasteiger partial charge in [0.1, 0.15) is 0 Å². The van der Waals surface area contributed by atoms with Crippen LogP contribution in [0.5, 0.6) is 0 Å². The lowest BCUT2D eigenvalue weighted by atomic mass is 9.73. The van der Waals surface area contributed by atoms with Gasteiger partial charge in [0.15, 0.2) is 0 Å². The molecule has 0 bridgehead atoms. The van der Waals surface area contributed by atoms with Gasteiger partial charge < -0.3 is 0 Å². The molecule has 2 rings (SSSR count). The molecule has 1 unspecified atom stereocenters. The van der Waals surface area contributed by atoms with E-state index >= 15 is 0 Å². The first-order valence-electron chi connectivity index (χ1n) is 7.50. The van der Waals surface area contributed by atoms with Crippen molar-refractivity contribution in [2.45, 2.75) is 52.5 Å². The first-order chi connectivity index (χ1) is 9.11. The van der Waals surface area contributed by atoms with Gasteiger partial charge in [-0.3, -0.25) is 16.3 Å². The lowest BCUT2D eigenvalue weighted by Crippen LogP contribution is -2.36. The first kappa shape index (κ1) is 14.5. The zero-order valence-corrected chi connectivity index (χ0v) is 12.4. The van der Waals surface area contributed by atoms with E-state index in [2.05, 4.69) is 36.4 Å². The Bertz CT molecular complexity index is 377. The van der Waals surface area contributed by atoms with E-state index < -0.39 is 0 Å². The third kappa shape index (κ3) is 3.54. The van der Waals surface area contributed by atoms with E-state index in [1.54, 1.807) is 0 Å². The van der Waals surface area contributed by atoms with Gasteiger partial charge in [-0.05, 0) is 62.0 Å². The highest BCUT2D eigenvalue weighted by atomic mass is 15.2. The number of hydrazine groups is 1. The summed E-state index contributed by atoms with van der Waals surface area (Å²) < 4.78 is 0. The zero-order chi connectivity index (χ0) is 13.8. The highest BCUT2D eigenvalue weighted by molar-refractivity contribution is 5.18. The molecule has 1 aliphatic carbocycles. The van der Waals surface area contributed by atoms with Crippen LogP contribution >= 0.6 is 0 Å². The van der Waals surface area contributed by atoms with Crippen LogP contribution in [-0.4, -0.2) is 4.98 Å². The molecule has 1 aromatic rings. The van der Waals surface area contributed by atoms with Crippen LogP contribution in [0.1, 0.15) is 56.8 Å². The third-order valence-corrected chi connectivity index (χ3v) is 4.70. The molecule has 106 valence electrons. The molecule has 0 amide bonds. The van der Waals surface area contributed by atoms with E-state index in [0.717, 1.165) is 17.5 Å². The van der Waals surface area contributed by atoms with Crippen LogP contribution in [0.2, 0.25) is 0 Å². The molecule has 1 aromatic heterocycles. The van der Waals surface area contributed by atoms with Crippen molar-refractivity contribution in [1.29, 1.82) is 0 Å². The molecule has 0 aliphatic heterocycles. The van der Waals surface area contributed by atoms with Gasteiger partial charge in [-0.25, -0.2) is 0 Å². The Kier molecular flexibility index (Phi) is 4.94. The Hall–Kier alpha value is -0.930. The summed E-state index contributed by atoms with van der Waals surface area (Å²) in [7, 11) is 0. The first-order valence-corrected chi connectivity index (χ1v) is 7.50. The fourth-order valence-electron chi connectivity index (χ4n) is 3.31. The maximum atomic E-state index is 5.79. The highest BCUT2D eigenvalue weighted by Gasteiger charge is 2.29. The van der Waals surface area contributed by atoms with E-state index in [0.29, 0.717) is 5.92 Å². The number of rotatable bonds is 4. The van der Waals surface area contributed by atoms with Crippen molar-refractivity contribution in [3.8, 4) is 0 Å². The molecular formula is C16H27N3. The SMILES string of the molecule is Cc1ccc(C(NN)C2CCC(C(C)C)CC2)cn1. The number of nitrogens with zero attached hydrogens (tertiary/aromatic N) is 1. The Balaban J connectivity index is 2.01. The van der Waals surface area contributed by atoms with Gasteiger partial charge in [0.05, 0.1) is 6.04 Å². The summed E-state index contributed by atoms with van der Waals surface area (Å²) in [5.41, 5.74) is 5.29. The number of nitrogens with one attached hydrogen (secondary N) is 1. The van der Waals surface area contributed by atoms with Crippen molar-refractivity contribution in [2.75, 3.05) is 0 Å². The fourth-order valence-corrected chi connectivity index (χ4v) is 3.31. The second kappa shape index (κ2) is 6.49. The molecule has 3 N–H and O–H groups in total. The molecule has 0 radical (unpaired) electrons. The summed E-state index contributed by atoms with van der Waals surface area (Å²) in [5, 5.41) is 0. The number of aryl methyl sites for hydroxylation is 1. The van der Waals surface area contributed by atoms with E-state index in [9.17, 15) is 0 Å². The fraction of sp³-hybridized carbons (Fsp3) is 0.688. The van der Waals surface area contributed by atoms with Crippen LogP contribution in [0, 0.1) is 24.7 Å². The van der Waals surface area contributed by atoms with Gasteiger partial charge in [0.2, 0.25) is 0 Å². The van der Waals surface area contributed by atoms with Gasteiger partial charge in [0.25, 0.3) is 0 Å². The third-order valence-electron chi connectivity index (χ3n) is 4.70. The monoisotopic (exact) mass is 261 g/mol. The molecule has 0 saturated heterocycles. The molecule has 1 fully saturated rings. The molecule has 3 heteroatoms. The summed E-state index contributed by atoms with van der Waals surface area (Å²) in [5.74, 6) is 8.14. The van der Waals surface area contributed by atoms with E-state index in [4.69, 9.17) is 5.84 Å². The summed E-state index contributed by atoms with van der Waals surface area (Å²) in [6.45, 7) is 6.70. The van der Waals surface area contributed by atoms with Gasteiger partial charge in [-0.2, -0.15) is 0 Å². The van der Waals surface area contributed by atoms with Crippen molar-refractivity contribution in [3.05, 3.63) is 29.6 Å². The Morgan fingerprint density at radius 3 is 2.26 bits per heavy atom. The minimum Gasteiger partial charge on any atom is -0.271 e. The predicted molar refractivity (Wildman–Crippen MR) is 79.3 cm³/mol. The van der Waals surface area contributed by atoms with E-state index in [-0.39, 0.29) is 6.04 Å². The van der Waals surface area contributed by atoms with Gasteiger partial charge >= 0.3 is 0 Å². The summed E-state index contributed by atoms with van der Waals surface area (Å²) >= 11 is 0. The van der Waals surface area contributed by atoms with Gasteiger partial charge in [-0.15, -0.1) is 0 Å². The quantitative estimate of drug-likeness (QED) is 0.645. The van der Waals surface area contributed by atoms with Crippen molar-refractivity contribution < 1.29 is 0 Å². The Labute approximate surface area is 117 Å². The smallest absolute Gasteiger partial charge is 0.0503 e. The van der Waals surface area contributed by atoms with Crippen molar-refractivity contribution in [2.24, 2.45) is 23.6 Å². The Morgan fingerprint density at radius 2 is 1.79 bits per heavy atom. The molecule has 3 nitrogen and oxygen atoms in total. The molecule has 1 atom stereocenters. The number of pyridine rings is 1. The molecule has 1 aliphatic rings. The topological polar surface area (TPSA) is 50.9 Å². The van der Waals surface area contributed by atoms with Crippen LogP contribution in [0.4, 0.5) is 0 Å². The second-order valence-corrected chi connectivity index (χ2v) is 6.30. The maximum absolute atomic E-state index is 5.79. The van der Waals surface area contributed by atoms with Crippen LogP contribution in [-0.2, 0) is 0 Å². The average molecular weight is 261 g/mol. The predicted octanol–water partition coefficient (Wildman–Crippen LogP) is 3.36. The lowest BCUT2D eigenvalue weighted by Gasteiger charge is -2.35. The normalized spacial score (nSPS) is 25.5. The average Bonchev–Trinajstić information content (AvgIpc) is 2.42. The molecule has 0 spiro atoms. The highest BCUT2D eigenvalue weighted by Crippen LogP contribution is 2.38. The van der Waals surface area contributed by atoms with Crippen LogP contribution in [0.25, 0.3) is 0 Å². The number of aromatic nitrogens is 1. The molecule has 0 aromatic carbocycles. The lowest BCUT2D eigenvalue weighted by molar-refractivity contribution is 0.189. The van der Waals surface area contributed by atoms with Crippen molar-refractivity contribution in [3.63, 3.8) is 0 Å². The number of hydrogen-bond acceptors (Lipinski definition) is 3. The van der Waals surface area contributed by atoms with Crippen LogP contribution in [0.15, 0.2) is 18.3 Å². The van der Waals surface area contributed by atoms with Crippen LogP contribution < -0.4 is 11.3 Å². The largest absolute Gasteiger partial charge is 0.271 e.